The normalized spacial score (nSPS) is 10.7. The third kappa shape index (κ3) is 5.78. The molecule has 0 radical (unpaired) electrons. The Bertz CT molecular complexity index is 1030. The maximum Gasteiger partial charge on any atom is 0.158 e. The number of rotatable bonds is 10. The summed E-state index contributed by atoms with van der Waals surface area (Å²) in [6.45, 7) is 11.2. The summed E-state index contributed by atoms with van der Waals surface area (Å²) >= 11 is 0. The van der Waals surface area contributed by atoms with Crippen LogP contribution in [0.3, 0.4) is 0 Å². The lowest BCUT2D eigenvalue weighted by Crippen LogP contribution is -2.29. The summed E-state index contributed by atoms with van der Waals surface area (Å²) in [5, 5.41) is 3.31. The van der Waals surface area contributed by atoms with Gasteiger partial charge in [-0.25, -0.2) is 15.0 Å². The number of hydrogen-bond acceptors (Lipinski definition) is 7. The molecule has 0 aliphatic carbocycles. The van der Waals surface area contributed by atoms with Gasteiger partial charge in [-0.1, -0.05) is 33.3 Å². The zero-order valence-electron chi connectivity index (χ0n) is 18.6. The second kappa shape index (κ2) is 10.5. The lowest BCUT2D eigenvalue weighted by Gasteiger charge is -2.28. The maximum absolute atomic E-state index is 6.37. The summed E-state index contributed by atoms with van der Waals surface area (Å²) in [5.74, 6) is 2.07. The molecule has 0 aromatic carbocycles. The molecule has 0 saturated heterocycles. The van der Waals surface area contributed by atoms with E-state index in [1.54, 1.807) is 12.5 Å². The number of aromatic nitrogens is 4. The van der Waals surface area contributed by atoms with Gasteiger partial charge in [-0.2, -0.15) is 0 Å². The van der Waals surface area contributed by atoms with E-state index in [1.165, 1.54) is 0 Å². The first kappa shape index (κ1) is 22.2. The Kier molecular flexibility index (Phi) is 7.54. The van der Waals surface area contributed by atoms with Gasteiger partial charge in [0.2, 0.25) is 0 Å². The van der Waals surface area contributed by atoms with Gasteiger partial charge in [0.05, 0.1) is 11.4 Å². The molecule has 0 saturated carbocycles. The van der Waals surface area contributed by atoms with Crippen LogP contribution in [0.15, 0.2) is 55.3 Å². The average Bonchev–Trinajstić information content (AvgIpc) is 2.77. The van der Waals surface area contributed by atoms with E-state index >= 15 is 0 Å². The molecule has 31 heavy (non-hydrogen) atoms. The van der Waals surface area contributed by atoms with Crippen molar-refractivity contribution in [1.29, 1.82) is 0 Å². The predicted molar refractivity (Wildman–Crippen MR) is 128 cm³/mol. The Morgan fingerprint density at radius 2 is 1.94 bits per heavy atom. The van der Waals surface area contributed by atoms with Gasteiger partial charge < -0.3 is 16.0 Å². The fraction of sp³-hybridized carbons (Fsp3) is 0.333. The molecule has 7 nitrogen and oxygen atoms in total. The Morgan fingerprint density at radius 3 is 2.68 bits per heavy atom. The van der Waals surface area contributed by atoms with Gasteiger partial charge in [-0.15, -0.1) is 0 Å². The van der Waals surface area contributed by atoms with E-state index in [2.05, 4.69) is 40.7 Å². The minimum atomic E-state index is 0.603. The van der Waals surface area contributed by atoms with Crippen molar-refractivity contribution in [3.8, 4) is 11.3 Å². The molecule has 162 valence electrons. The molecule has 3 heterocycles. The zero-order chi connectivity index (χ0) is 22.2. The van der Waals surface area contributed by atoms with E-state index in [4.69, 9.17) is 10.7 Å². The minimum Gasteiger partial charge on any atom is -0.396 e. The van der Waals surface area contributed by atoms with Crippen molar-refractivity contribution in [1.82, 2.24) is 19.9 Å². The molecule has 3 aromatic heterocycles. The molecule has 3 N–H and O–H groups in total. The summed E-state index contributed by atoms with van der Waals surface area (Å²) in [6, 6.07) is 9.74. The largest absolute Gasteiger partial charge is 0.396 e. The fourth-order valence-electron chi connectivity index (χ4n) is 3.30. The van der Waals surface area contributed by atoms with Crippen molar-refractivity contribution in [2.24, 2.45) is 0 Å². The van der Waals surface area contributed by atoms with Gasteiger partial charge in [-0.3, -0.25) is 4.98 Å². The Labute approximate surface area is 184 Å². The molecule has 0 atom stereocenters. The van der Waals surface area contributed by atoms with Gasteiger partial charge in [0.1, 0.15) is 18.0 Å². The molecule has 3 rings (SSSR count). The molecule has 7 heteroatoms. The third-order valence-corrected chi connectivity index (χ3v) is 5.02. The Hall–Kier alpha value is -3.48. The van der Waals surface area contributed by atoms with E-state index in [0.717, 1.165) is 54.9 Å². The lowest BCUT2D eigenvalue weighted by molar-refractivity contribution is 0.703. The highest BCUT2D eigenvalue weighted by atomic mass is 15.3. The van der Waals surface area contributed by atoms with Crippen molar-refractivity contribution in [3.05, 3.63) is 66.6 Å². The summed E-state index contributed by atoms with van der Waals surface area (Å²) in [6.07, 6.45) is 7.43. The maximum atomic E-state index is 6.37. The molecular formula is C24H31N7. The molecule has 3 aromatic rings. The number of nitrogen functional groups attached to an aromatic ring is 1. The quantitative estimate of drug-likeness (QED) is 0.450. The number of pyridine rings is 2. The van der Waals surface area contributed by atoms with Crippen molar-refractivity contribution in [3.63, 3.8) is 0 Å². The number of anilines is 3. The first-order valence-corrected chi connectivity index (χ1v) is 10.8. The smallest absolute Gasteiger partial charge is 0.158 e. The average molecular weight is 418 g/mol. The minimum absolute atomic E-state index is 0.603. The van der Waals surface area contributed by atoms with E-state index in [0.29, 0.717) is 23.1 Å². The monoisotopic (exact) mass is 417 g/mol. The Balaban J connectivity index is 1.93. The number of aryl methyl sites for hydroxylation is 2. The number of nitrogens with two attached hydrogens (primary N) is 1. The summed E-state index contributed by atoms with van der Waals surface area (Å²) in [7, 11) is 0. The first-order chi connectivity index (χ1) is 15.0. The van der Waals surface area contributed by atoms with E-state index in [1.807, 2.05) is 42.2 Å². The molecule has 0 amide bonds. The van der Waals surface area contributed by atoms with Gasteiger partial charge in [0.15, 0.2) is 5.82 Å². The fourth-order valence-corrected chi connectivity index (χ4v) is 3.30. The zero-order valence-corrected chi connectivity index (χ0v) is 18.6. The van der Waals surface area contributed by atoms with E-state index in [9.17, 15) is 0 Å². The van der Waals surface area contributed by atoms with Crippen LogP contribution in [0.2, 0.25) is 0 Å². The van der Waals surface area contributed by atoms with E-state index < -0.39 is 0 Å². The molecule has 0 fully saturated rings. The highest BCUT2D eigenvalue weighted by Crippen LogP contribution is 2.29. The van der Waals surface area contributed by atoms with Crippen LogP contribution in [0.4, 0.5) is 17.3 Å². The second-order valence-corrected chi connectivity index (χ2v) is 7.47. The lowest BCUT2D eigenvalue weighted by atomic mass is 10.1. The van der Waals surface area contributed by atoms with Crippen molar-refractivity contribution < 1.29 is 0 Å². The van der Waals surface area contributed by atoms with Crippen molar-refractivity contribution in [2.45, 2.75) is 46.5 Å². The number of nitrogens with one attached hydrogen (secondary N) is 1. The predicted octanol–water partition coefficient (Wildman–Crippen LogP) is 4.97. The van der Waals surface area contributed by atoms with Gasteiger partial charge in [-0.05, 0) is 44.0 Å². The highest BCUT2D eigenvalue weighted by molar-refractivity contribution is 5.72. The molecule has 0 unspecified atom stereocenters. The van der Waals surface area contributed by atoms with Crippen molar-refractivity contribution >= 4 is 17.3 Å². The second-order valence-electron chi connectivity index (χ2n) is 7.47. The van der Waals surface area contributed by atoms with Crippen LogP contribution in [0.1, 0.15) is 44.5 Å². The molecule has 0 aliphatic heterocycles. The van der Waals surface area contributed by atoms with Gasteiger partial charge in [0.25, 0.3) is 0 Å². The van der Waals surface area contributed by atoms with Crippen LogP contribution in [0.25, 0.3) is 11.3 Å². The molecular weight excluding hydrogens is 386 g/mol. The van der Waals surface area contributed by atoms with E-state index in [-0.39, 0.29) is 0 Å². The summed E-state index contributed by atoms with van der Waals surface area (Å²) in [5.41, 5.74) is 10.7. The summed E-state index contributed by atoms with van der Waals surface area (Å²) < 4.78 is 0. The van der Waals surface area contributed by atoms with Crippen LogP contribution < -0.4 is 16.0 Å². The third-order valence-electron chi connectivity index (χ3n) is 5.02. The van der Waals surface area contributed by atoms with Crippen LogP contribution in [-0.4, -0.2) is 26.5 Å². The number of nitrogens with zero attached hydrogens (tertiary/aromatic N) is 5. The van der Waals surface area contributed by atoms with Gasteiger partial charge in [0, 0.05) is 35.8 Å². The Morgan fingerprint density at radius 1 is 1.10 bits per heavy atom. The summed E-state index contributed by atoms with van der Waals surface area (Å²) in [4.78, 5) is 19.8. The van der Waals surface area contributed by atoms with Crippen LogP contribution >= 0.6 is 0 Å². The SMILES string of the molecule is C=C(Nc1cc(CC)ncn1)N(CCCCC)c1nc(-c2ccnc(C)c2)ccc1N. The van der Waals surface area contributed by atoms with Gasteiger partial charge >= 0.3 is 0 Å². The number of hydrogen-bond donors (Lipinski definition) is 2. The number of unbranched alkanes of at least 4 members (excludes halogenated alkanes) is 2. The molecule has 0 aliphatic rings. The van der Waals surface area contributed by atoms with Crippen molar-refractivity contribution in [2.75, 3.05) is 22.5 Å². The highest BCUT2D eigenvalue weighted by Gasteiger charge is 2.17. The standard InChI is InChI=1S/C24H31N7/c1-5-7-8-13-31(18(4)29-23-15-20(6-2)27-16-28-23)24-21(25)9-10-22(30-24)19-11-12-26-17(3)14-19/h9-12,14-16H,4-8,13,25H2,1-3H3,(H,27,28,29). The van der Waals surface area contributed by atoms with Crippen LogP contribution in [-0.2, 0) is 6.42 Å². The molecule has 0 bridgehead atoms. The molecule has 0 spiro atoms. The topological polar surface area (TPSA) is 92.9 Å². The van der Waals surface area contributed by atoms with Crippen LogP contribution in [0.5, 0.6) is 0 Å². The van der Waals surface area contributed by atoms with Crippen LogP contribution in [0, 0.1) is 6.92 Å². The first-order valence-electron chi connectivity index (χ1n) is 10.8.